The summed E-state index contributed by atoms with van der Waals surface area (Å²) in [6.45, 7) is 4.70. The first-order valence-corrected chi connectivity index (χ1v) is 6.07. The molecule has 2 aliphatic rings. The average Bonchev–Trinajstić information content (AvgIpc) is 2.76. The van der Waals surface area contributed by atoms with Crippen LogP contribution in [0, 0.1) is 5.92 Å². The number of amides is 3. The Hall–Kier alpha value is -1.89. The molecule has 0 aromatic carbocycles. The predicted octanol–water partition coefficient (Wildman–Crippen LogP) is 0.145. The second kappa shape index (κ2) is 5.00. The van der Waals surface area contributed by atoms with E-state index in [9.17, 15) is 9.59 Å². The van der Waals surface area contributed by atoms with Crippen molar-refractivity contribution in [1.29, 1.82) is 0 Å². The van der Waals surface area contributed by atoms with Gasteiger partial charge in [0.05, 0.1) is 13.6 Å². The summed E-state index contributed by atoms with van der Waals surface area (Å²) < 4.78 is 6.45. The van der Waals surface area contributed by atoms with Crippen LogP contribution in [0.2, 0.25) is 0 Å². The highest BCUT2D eigenvalue weighted by Gasteiger charge is 2.45. The van der Waals surface area contributed by atoms with Gasteiger partial charge in [-0.2, -0.15) is 9.48 Å². The molecule has 0 N–H and O–H groups in total. The molecule has 0 radical (unpaired) electrons. The van der Waals surface area contributed by atoms with Crippen molar-refractivity contribution in [3.63, 3.8) is 0 Å². The molecule has 102 valence electrons. The molecule has 0 spiro atoms. The number of hydrogen-bond acceptors (Lipinski definition) is 5. The standard InChI is InChI=1S/C12H17N4O3/c1-7(2)5-16-10-9(11(17)15(3)12(16)18)13-8(14-10)6-19-4/h7H,5-6H2,1-4H3/q+1. The third-order valence-corrected chi connectivity index (χ3v) is 2.79. The van der Waals surface area contributed by atoms with Crippen molar-refractivity contribution in [3.8, 4) is 0 Å². The number of aliphatic imine (C=N–C) groups is 2. The fourth-order valence-corrected chi connectivity index (χ4v) is 1.95. The molecule has 0 bridgehead atoms. The molecule has 0 aromatic heterocycles. The minimum atomic E-state index is -0.421. The van der Waals surface area contributed by atoms with E-state index in [0.29, 0.717) is 18.2 Å². The first kappa shape index (κ1) is 13.5. The molecule has 0 saturated heterocycles. The number of ether oxygens (including phenoxy) is 1. The molecule has 0 aliphatic carbocycles. The number of imide groups is 1. The van der Waals surface area contributed by atoms with Crippen molar-refractivity contribution < 1.29 is 18.9 Å². The van der Waals surface area contributed by atoms with E-state index < -0.39 is 5.91 Å². The van der Waals surface area contributed by atoms with Gasteiger partial charge in [0.25, 0.3) is 0 Å². The number of hydrogen-bond donors (Lipinski definition) is 0. The molecule has 2 rings (SSSR count). The van der Waals surface area contributed by atoms with Gasteiger partial charge < -0.3 is 4.74 Å². The SMILES string of the molecule is COCC1=NC2=[N+](CC(C)C)C(=O)N(C)C(=O)C2=N1. The Morgan fingerprint density at radius 1 is 1.32 bits per heavy atom. The van der Waals surface area contributed by atoms with Gasteiger partial charge in [-0.25, -0.2) is 14.6 Å². The molecule has 0 atom stereocenters. The summed E-state index contributed by atoms with van der Waals surface area (Å²) in [5.41, 5.74) is 0.217. The Bertz CT molecular complexity index is 531. The first-order valence-electron chi connectivity index (χ1n) is 6.07. The predicted molar refractivity (Wildman–Crippen MR) is 69.9 cm³/mol. The normalized spacial score (nSPS) is 19.1. The zero-order valence-corrected chi connectivity index (χ0v) is 11.5. The summed E-state index contributed by atoms with van der Waals surface area (Å²) in [5.74, 6) is 0.599. The maximum absolute atomic E-state index is 12.1. The van der Waals surface area contributed by atoms with E-state index in [1.807, 2.05) is 13.8 Å². The Labute approximate surface area is 111 Å². The fraction of sp³-hybridized carbons (Fsp3) is 0.583. The second-order valence-electron chi connectivity index (χ2n) is 4.90. The van der Waals surface area contributed by atoms with Gasteiger partial charge in [0.1, 0.15) is 6.61 Å². The summed E-state index contributed by atoms with van der Waals surface area (Å²) in [6.07, 6.45) is 0. The smallest absolute Gasteiger partial charge is 0.375 e. The average molecular weight is 265 g/mol. The van der Waals surface area contributed by atoms with Crippen molar-refractivity contribution >= 4 is 29.3 Å². The minimum absolute atomic E-state index is 0.216. The molecule has 19 heavy (non-hydrogen) atoms. The van der Waals surface area contributed by atoms with Crippen molar-refractivity contribution in [2.24, 2.45) is 15.9 Å². The number of amidine groups is 2. The number of carbonyl (C=O) groups is 2. The number of urea groups is 1. The van der Waals surface area contributed by atoms with Crippen LogP contribution in [0.15, 0.2) is 9.98 Å². The maximum atomic E-state index is 12.1. The second-order valence-corrected chi connectivity index (χ2v) is 4.90. The van der Waals surface area contributed by atoms with Gasteiger partial charge in [-0.3, -0.25) is 0 Å². The summed E-state index contributed by atoms with van der Waals surface area (Å²) in [5, 5.41) is 0. The quantitative estimate of drug-likeness (QED) is 0.679. The summed E-state index contributed by atoms with van der Waals surface area (Å²) >= 11 is 0. The lowest BCUT2D eigenvalue weighted by Gasteiger charge is -2.19. The van der Waals surface area contributed by atoms with Gasteiger partial charge >= 0.3 is 17.8 Å². The van der Waals surface area contributed by atoms with Crippen molar-refractivity contribution in [3.05, 3.63) is 0 Å². The van der Waals surface area contributed by atoms with Crippen LogP contribution in [0.3, 0.4) is 0 Å². The lowest BCUT2D eigenvalue weighted by molar-refractivity contribution is -0.442. The summed E-state index contributed by atoms with van der Waals surface area (Å²) in [7, 11) is 2.98. The topological polar surface area (TPSA) is 74.3 Å². The van der Waals surface area contributed by atoms with Crippen LogP contribution >= 0.6 is 0 Å². The number of carbonyl (C=O) groups excluding carboxylic acids is 2. The Morgan fingerprint density at radius 2 is 2.00 bits per heavy atom. The molecule has 0 fully saturated rings. The zero-order chi connectivity index (χ0) is 14.2. The van der Waals surface area contributed by atoms with Crippen LogP contribution < -0.4 is 0 Å². The molecule has 3 amide bonds. The first-order chi connectivity index (χ1) is 8.95. The molecule has 0 aromatic rings. The zero-order valence-electron chi connectivity index (χ0n) is 11.5. The van der Waals surface area contributed by atoms with Crippen molar-refractivity contribution in [1.82, 2.24) is 4.90 Å². The van der Waals surface area contributed by atoms with E-state index in [1.165, 1.54) is 18.7 Å². The van der Waals surface area contributed by atoms with Crippen LogP contribution in [0.5, 0.6) is 0 Å². The number of fused-ring (bicyclic) bond motifs is 1. The van der Waals surface area contributed by atoms with Crippen LogP contribution in [0.25, 0.3) is 0 Å². The molecule has 2 heterocycles. The van der Waals surface area contributed by atoms with Crippen LogP contribution in [0.4, 0.5) is 4.79 Å². The van der Waals surface area contributed by atoms with E-state index in [0.717, 1.165) is 4.90 Å². The molecule has 7 heteroatoms. The van der Waals surface area contributed by atoms with Gasteiger partial charge in [0, 0.05) is 7.11 Å². The van der Waals surface area contributed by atoms with Gasteiger partial charge in [-0.1, -0.05) is 18.8 Å². The Kier molecular flexibility index (Phi) is 3.57. The fourth-order valence-electron chi connectivity index (χ4n) is 1.95. The lowest BCUT2D eigenvalue weighted by Crippen LogP contribution is -2.53. The minimum Gasteiger partial charge on any atom is -0.375 e. The highest BCUT2D eigenvalue weighted by atomic mass is 16.5. The molecule has 0 saturated carbocycles. The van der Waals surface area contributed by atoms with Gasteiger partial charge in [0.15, 0.2) is 0 Å². The van der Waals surface area contributed by atoms with E-state index in [-0.39, 0.29) is 24.3 Å². The largest absolute Gasteiger partial charge is 0.446 e. The van der Waals surface area contributed by atoms with E-state index in [4.69, 9.17) is 4.74 Å². The van der Waals surface area contributed by atoms with Crippen LogP contribution in [-0.2, 0) is 9.53 Å². The highest BCUT2D eigenvalue weighted by molar-refractivity contribution is 6.70. The van der Waals surface area contributed by atoms with E-state index >= 15 is 0 Å². The third-order valence-electron chi connectivity index (χ3n) is 2.79. The third kappa shape index (κ3) is 2.33. The van der Waals surface area contributed by atoms with Gasteiger partial charge in [0.2, 0.25) is 11.5 Å². The molecular formula is C12H17N4O3+. The molecular weight excluding hydrogens is 248 g/mol. The van der Waals surface area contributed by atoms with Crippen molar-refractivity contribution in [2.45, 2.75) is 13.8 Å². The van der Waals surface area contributed by atoms with Gasteiger partial charge in [-0.15, -0.1) is 0 Å². The van der Waals surface area contributed by atoms with E-state index in [1.54, 1.807) is 0 Å². The Morgan fingerprint density at radius 3 is 2.58 bits per heavy atom. The summed E-state index contributed by atoms with van der Waals surface area (Å²) in [6, 6.07) is -0.366. The monoisotopic (exact) mass is 265 g/mol. The van der Waals surface area contributed by atoms with Gasteiger partial charge in [-0.05, 0) is 5.92 Å². The molecule has 2 aliphatic heterocycles. The summed E-state index contributed by atoms with van der Waals surface area (Å²) in [4.78, 5) is 33.6. The number of rotatable bonds is 4. The maximum Gasteiger partial charge on any atom is 0.446 e. The van der Waals surface area contributed by atoms with Crippen LogP contribution in [-0.4, -0.2) is 66.1 Å². The lowest BCUT2D eigenvalue weighted by atomic mass is 10.2. The van der Waals surface area contributed by atoms with Crippen LogP contribution in [0.1, 0.15) is 13.8 Å². The number of methoxy groups -OCH3 is 1. The number of nitrogens with zero attached hydrogens (tertiary/aromatic N) is 4. The molecule has 0 unspecified atom stereocenters. The molecule has 7 nitrogen and oxygen atoms in total. The highest BCUT2D eigenvalue weighted by Crippen LogP contribution is 2.12. The van der Waals surface area contributed by atoms with Crippen molar-refractivity contribution in [2.75, 3.05) is 27.3 Å². The van der Waals surface area contributed by atoms with E-state index in [2.05, 4.69) is 9.98 Å². The Balaban J connectivity index is 2.49.